The third kappa shape index (κ3) is 5.98. The highest BCUT2D eigenvalue weighted by Crippen LogP contribution is 2.19. The van der Waals surface area contributed by atoms with Crippen LogP contribution in [0.1, 0.15) is 40.0 Å². The van der Waals surface area contributed by atoms with Crippen molar-refractivity contribution in [3.8, 4) is 6.07 Å². The molecule has 0 aliphatic carbocycles. The summed E-state index contributed by atoms with van der Waals surface area (Å²) >= 11 is 0. The minimum Gasteiger partial charge on any atom is -0.229 e. The van der Waals surface area contributed by atoms with Crippen molar-refractivity contribution in [3.05, 3.63) is 0 Å². The molecule has 0 aliphatic heterocycles. The van der Waals surface area contributed by atoms with E-state index in [1.807, 2.05) is 6.92 Å². The Kier molecular flexibility index (Phi) is 5.14. The second-order valence-electron chi connectivity index (χ2n) is 4.25. The van der Waals surface area contributed by atoms with Gasteiger partial charge in [-0.05, 0) is 26.7 Å². The summed E-state index contributed by atoms with van der Waals surface area (Å²) < 4.78 is 22.9. The summed E-state index contributed by atoms with van der Waals surface area (Å²) in [6.07, 6.45) is 2.03. The average Bonchev–Trinajstić information content (AvgIpc) is 2.12. The molecule has 0 unspecified atom stereocenters. The summed E-state index contributed by atoms with van der Waals surface area (Å²) in [4.78, 5) is 0. The molecule has 0 saturated carbocycles. The summed E-state index contributed by atoms with van der Waals surface area (Å²) in [7, 11) is -2.94. The zero-order chi connectivity index (χ0) is 11.2. The monoisotopic (exact) mass is 217 g/mol. The van der Waals surface area contributed by atoms with Crippen molar-refractivity contribution in [3.63, 3.8) is 0 Å². The van der Waals surface area contributed by atoms with Crippen LogP contribution in [0.2, 0.25) is 0 Å². The minimum absolute atomic E-state index is 0.132. The lowest BCUT2D eigenvalue weighted by Crippen LogP contribution is -2.18. The van der Waals surface area contributed by atoms with Gasteiger partial charge in [0.15, 0.2) is 0 Å². The summed E-state index contributed by atoms with van der Waals surface area (Å²) in [5.41, 5.74) is -0.528. The van der Waals surface area contributed by atoms with Crippen LogP contribution < -0.4 is 0 Å². The van der Waals surface area contributed by atoms with Crippen LogP contribution in [-0.4, -0.2) is 19.9 Å². The number of hydrogen-bond donors (Lipinski definition) is 0. The van der Waals surface area contributed by atoms with E-state index in [-0.39, 0.29) is 11.5 Å². The van der Waals surface area contributed by atoms with E-state index in [4.69, 9.17) is 5.26 Å². The zero-order valence-corrected chi connectivity index (χ0v) is 10.0. The summed E-state index contributed by atoms with van der Waals surface area (Å²) in [6, 6.07) is 2.11. The summed E-state index contributed by atoms with van der Waals surface area (Å²) in [5, 5.41) is 8.72. The Morgan fingerprint density at radius 2 is 1.86 bits per heavy atom. The lowest BCUT2D eigenvalue weighted by molar-refractivity contribution is 0.473. The number of rotatable bonds is 6. The van der Waals surface area contributed by atoms with Crippen LogP contribution in [0.15, 0.2) is 0 Å². The van der Waals surface area contributed by atoms with Crippen molar-refractivity contribution in [1.82, 2.24) is 0 Å². The van der Waals surface area contributed by atoms with E-state index in [0.29, 0.717) is 6.42 Å². The molecule has 0 rings (SSSR count). The molecule has 0 atom stereocenters. The minimum atomic E-state index is -2.94. The van der Waals surface area contributed by atoms with Crippen LogP contribution in [0.5, 0.6) is 0 Å². The Balaban J connectivity index is 4.08. The highest BCUT2D eigenvalue weighted by molar-refractivity contribution is 7.91. The van der Waals surface area contributed by atoms with Gasteiger partial charge in [0.25, 0.3) is 0 Å². The molecule has 0 aliphatic rings. The standard InChI is InChI=1S/C10H19NO2S/c1-4-5-7-14(12,13)8-6-10(2,3)9-11/h4-8H2,1-3H3. The highest BCUT2D eigenvalue weighted by atomic mass is 32.2. The van der Waals surface area contributed by atoms with Crippen molar-refractivity contribution in [1.29, 1.82) is 5.26 Å². The lowest BCUT2D eigenvalue weighted by Gasteiger charge is -2.14. The number of nitrogens with zero attached hydrogens (tertiary/aromatic N) is 1. The molecule has 0 radical (unpaired) electrons. The Morgan fingerprint density at radius 1 is 1.29 bits per heavy atom. The maximum atomic E-state index is 11.4. The Bertz CT molecular complexity index is 299. The lowest BCUT2D eigenvalue weighted by atomic mass is 9.93. The van der Waals surface area contributed by atoms with Gasteiger partial charge in [0.05, 0.1) is 23.0 Å². The third-order valence-corrected chi connectivity index (χ3v) is 3.89. The first-order valence-corrected chi connectivity index (χ1v) is 6.77. The predicted molar refractivity (Wildman–Crippen MR) is 57.6 cm³/mol. The molecule has 0 fully saturated rings. The van der Waals surface area contributed by atoms with Crippen LogP contribution in [0.25, 0.3) is 0 Å². The maximum absolute atomic E-state index is 11.4. The van der Waals surface area contributed by atoms with E-state index >= 15 is 0 Å². The van der Waals surface area contributed by atoms with Crippen LogP contribution in [0.3, 0.4) is 0 Å². The highest BCUT2D eigenvalue weighted by Gasteiger charge is 2.20. The van der Waals surface area contributed by atoms with Gasteiger partial charge < -0.3 is 0 Å². The maximum Gasteiger partial charge on any atom is 0.150 e. The summed E-state index contributed by atoms with van der Waals surface area (Å²) in [6.45, 7) is 5.50. The molecule has 0 heterocycles. The third-order valence-electron chi connectivity index (χ3n) is 2.15. The van der Waals surface area contributed by atoms with Gasteiger partial charge in [-0.3, -0.25) is 0 Å². The molecular weight excluding hydrogens is 198 g/mol. The molecule has 0 aromatic heterocycles. The fourth-order valence-electron chi connectivity index (χ4n) is 0.933. The van der Waals surface area contributed by atoms with Crippen molar-refractivity contribution in [2.24, 2.45) is 5.41 Å². The van der Waals surface area contributed by atoms with Gasteiger partial charge in [0, 0.05) is 0 Å². The summed E-state index contributed by atoms with van der Waals surface area (Å²) in [5.74, 6) is 0.387. The molecule has 14 heavy (non-hydrogen) atoms. The fourth-order valence-corrected chi connectivity index (χ4v) is 2.69. The molecule has 3 nitrogen and oxygen atoms in total. The van der Waals surface area contributed by atoms with E-state index in [9.17, 15) is 8.42 Å². The number of nitriles is 1. The van der Waals surface area contributed by atoms with E-state index in [0.717, 1.165) is 12.8 Å². The molecule has 0 saturated heterocycles. The van der Waals surface area contributed by atoms with Crippen LogP contribution in [0, 0.1) is 16.7 Å². The molecule has 0 amide bonds. The Labute approximate surface area is 87.0 Å². The average molecular weight is 217 g/mol. The van der Waals surface area contributed by atoms with Gasteiger partial charge >= 0.3 is 0 Å². The molecule has 0 bridgehead atoms. The van der Waals surface area contributed by atoms with Crippen molar-refractivity contribution < 1.29 is 8.42 Å². The first-order valence-electron chi connectivity index (χ1n) is 4.94. The molecular formula is C10H19NO2S. The van der Waals surface area contributed by atoms with Crippen molar-refractivity contribution >= 4 is 9.84 Å². The van der Waals surface area contributed by atoms with E-state index in [2.05, 4.69) is 6.07 Å². The van der Waals surface area contributed by atoms with E-state index < -0.39 is 15.3 Å². The van der Waals surface area contributed by atoms with Crippen molar-refractivity contribution in [2.45, 2.75) is 40.0 Å². The van der Waals surface area contributed by atoms with Gasteiger partial charge in [-0.2, -0.15) is 5.26 Å². The normalized spacial score (nSPS) is 12.4. The van der Waals surface area contributed by atoms with Crippen molar-refractivity contribution in [2.75, 3.05) is 11.5 Å². The van der Waals surface area contributed by atoms with Crippen LogP contribution >= 0.6 is 0 Å². The van der Waals surface area contributed by atoms with Gasteiger partial charge in [-0.1, -0.05) is 13.3 Å². The molecule has 82 valence electrons. The fraction of sp³-hybridized carbons (Fsp3) is 0.900. The topological polar surface area (TPSA) is 57.9 Å². The molecule has 0 spiro atoms. The zero-order valence-electron chi connectivity index (χ0n) is 9.21. The first-order chi connectivity index (χ1) is 6.33. The second-order valence-corrected chi connectivity index (χ2v) is 6.55. The molecule has 4 heteroatoms. The second kappa shape index (κ2) is 5.35. The van der Waals surface area contributed by atoms with Gasteiger partial charge in [0.1, 0.15) is 9.84 Å². The Morgan fingerprint density at radius 3 is 2.29 bits per heavy atom. The van der Waals surface area contributed by atoms with E-state index in [1.165, 1.54) is 0 Å². The molecule has 0 aromatic carbocycles. The van der Waals surface area contributed by atoms with Gasteiger partial charge in [-0.15, -0.1) is 0 Å². The van der Waals surface area contributed by atoms with E-state index in [1.54, 1.807) is 13.8 Å². The SMILES string of the molecule is CCCCS(=O)(=O)CCC(C)(C)C#N. The van der Waals surface area contributed by atoms with Gasteiger partial charge in [-0.25, -0.2) is 8.42 Å². The van der Waals surface area contributed by atoms with Crippen LogP contribution in [-0.2, 0) is 9.84 Å². The smallest absolute Gasteiger partial charge is 0.150 e. The number of sulfone groups is 1. The predicted octanol–water partition coefficient (Wildman–Crippen LogP) is 2.14. The Hall–Kier alpha value is -0.560. The largest absolute Gasteiger partial charge is 0.229 e. The molecule has 0 aromatic rings. The number of hydrogen-bond acceptors (Lipinski definition) is 3. The molecule has 0 N–H and O–H groups in total. The number of unbranched alkanes of at least 4 members (excludes halogenated alkanes) is 1. The van der Waals surface area contributed by atoms with Gasteiger partial charge in [0.2, 0.25) is 0 Å². The quantitative estimate of drug-likeness (QED) is 0.685. The van der Waals surface area contributed by atoms with Crippen LogP contribution in [0.4, 0.5) is 0 Å². The first kappa shape index (κ1) is 13.4.